The number of piperidine rings is 1. The summed E-state index contributed by atoms with van der Waals surface area (Å²) in [5.74, 6) is 0.491. The highest BCUT2D eigenvalue weighted by molar-refractivity contribution is 7.89. The molecule has 1 saturated carbocycles. The molecule has 2 aliphatic rings. The molecule has 1 unspecified atom stereocenters. The molecule has 0 bridgehead atoms. The van der Waals surface area contributed by atoms with Crippen molar-refractivity contribution in [3.63, 3.8) is 0 Å². The van der Waals surface area contributed by atoms with Crippen molar-refractivity contribution in [1.29, 1.82) is 0 Å². The van der Waals surface area contributed by atoms with E-state index in [0.29, 0.717) is 19.3 Å². The Morgan fingerprint density at radius 2 is 1.95 bits per heavy atom. The highest BCUT2D eigenvalue weighted by atomic mass is 32.2. The van der Waals surface area contributed by atoms with E-state index in [0.717, 1.165) is 38.8 Å². The Hall–Kier alpha value is -0.170. The Bertz CT molecular complexity index is 347. The first kappa shape index (κ1) is 15.2. The van der Waals surface area contributed by atoms with Crippen molar-refractivity contribution in [2.24, 2.45) is 5.92 Å². The van der Waals surface area contributed by atoms with Gasteiger partial charge in [0.2, 0.25) is 10.0 Å². The molecule has 0 aromatic heterocycles. The first-order valence-electron chi connectivity index (χ1n) is 7.45. The second kappa shape index (κ2) is 7.57. The van der Waals surface area contributed by atoms with Crippen molar-refractivity contribution < 1.29 is 13.2 Å². The molecule has 19 heavy (non-hydrogen) atoms. The van der Waals surface area contributed by atoms with Crippen molar-refractivity contribution in [1.82, 2.24) is 10.0 Å². The summed E-state index contributed by atoms with van der Waals surface area (Å²) < 4.78 is 32.1. The van der Waals surface area contributed by atoms with Crippen LogP contribution in [0.4, 0.5) is 0 Å². The predicted octanol–water partition coefficient (Wildman–Crippen LogP) is 0.865. The molecule has 0 amide bonds. The predicted molar refractivity (Wildman–Crippen MR) is 75.6 cm³/mol. The second-order valence-corrected chi connectivity index (χ2v) is 7.52. The van der Waals surface area contributed by atoms with E-state index in [1.54, 1.807) is 0 Å². The maximum atomic E-state index is 11.9. The Balaban J connectivity index is 1.60. The van der Waals surface area contributed by atoms with Crippen LogP contribution in [0.25, 0.3) is 0 Å². The van der Waals surface area contributed by atoms with Crippen LogP contribution >= 0.6 is 0 Å². The molecule has 112 valence electrons. The van der Waals surface area contributed by atoms with E-state index in [2.05, 4.69) is 10.0 Å². The van der Waals surface area contributed by atoms with Crippen molar-refractivity contribution in [3.05, 3.63) is 0 Å². The van der Waals surface area contributed by atoms with E-state index < -0.39 is 10.0 Å². The lowest BCUT2D eigenvalue weighted by atomic mass is 10.0. The fourth-order valence-corrected chi connectivity index (χ4v) is 4.33. The lowest BCUT2D eigenvalue weighted by Gasteiger charge is -2.22. The number of hydrogen-bond acceptors (Lipinski definition) is 4. The molecule has 1 heterocycles. The third-order valence-corrected chi connectivity index (χ3v) is 5.49. The molecule has 2 N–H and O–H groups in total. The fraction of sp³-hybridized carbons (Fsp3) is 1.00. The topological polar surface area (TPSA) is 67.4 Å². The van der Waals surface area contributed by atoms with Crippen LogP contribution < -0.4 is 10.0 Å². The average Bonchev–Trinajstić information content (AvgIpc) is 2.88. The third-order valence-electron chi connectivity index (χ3n) is 3.93. The summed E-state index contributed by atoms with van der Waals surface area (Å²) in [6.45, 7) is 2.73. The number of nitrogens with one attached hydrogen (secondary N) is 2. The Morgan fingerprint density at radius 1 is 1.16 bits per heavy atom. The van der Waals surface area contributed by atoms with Crippen molar-refractivity contribution in [3.8, 4) is 0 Å². The summed E-state index contributed by atoms with van der Waals surface area (Å²) in [7, 11) is -3.15. The first-order valence-corrected chi connectivity index (χ1v) is 9.10. The van der Waals surface area contributed by atoms with Crippen molar-refractivity contribution in [2.75, 3.05) is 32.0 Å². The summed E-state index contributed by atoms with van der Waals surface area (Å²) in [5, 5.41) is 3.24. The summed E-state index contributed by atoms with van der Waals surface area (Å²) in [4.78, 5) is 0. The van der Waals surface area contributed by atoms with Crippen LogP contribution in [0.2, 0.25) is 0 Å². The molecule has 0 aromatic carbocycles. The van der Waals surface area contributed by atoms with Crippen LogP contribution in [-0.4, -0.2) is 46.5 Å². The van der Waals surface area contributed by atoms with Gasteiger partial charge in [0.1, 0.15) is 0 Å². The van der Waals surface area contributed by atoms with E-state index in [4.69, 9.17) is 4.74 Å². The van der Waals surface area contributed by atoms with Gasteiger partial charge in [-0.2, -0.15) is 0 Å². The number of ether oxygens (including phenoxy) is 1. The lowest BCUT2D eigenvalue weighted by molar-refractivity contribution is 0.0626. The smallest absolute Gasteiger partial charge is 0.211 e. The molecule has 1 aliphatic heterocycles. The van der Waals surface area contributed by atoms with Gasteiger partial charge in [-0.25, -0.2) is 13.1 Å². The molecule has 2 fully saturated rings. The van der Waals surface area contributed by atoms with Crippen LogP contribution in [0, 0.1) is 5.92 Å². The maximum Gasteiger partial charge on any atom is 0.211 e. The minimum Gasteiger partial charge on any atom is -0.377 e. The largest absolute Gasteiger partial charge is 0.377 e. The molecule has 6 heteroatoms. The number of sulfonamides is 1. The Morgan fingerprint density at radius 3 is 2.63 bits per heavy atom. The molecule has 0 radical (unpaired) electrons. The Kier molecular flexibility index (Phi) is 6.06. The van der Waals surface area contributed by atoms with Gasteiger partial charge in [0.15, 0.2) is 0 Å². The number of rotatable bonds is 7. The van der Waals surface area contributed by atoms with Crippen LogP contribution in [0.1, 0.15) is 38.5 Å². The Labute approximate surface area is 116 Å². The van der Waals surface area contributed by atoms with E-state index in [1.165, 1.54) is 12.8 Å². The van der Waals surface area contributed by atoms with E-state index in [1.807, 2.05) is 0 Å². The van der Waals surface area contributed by atoms with E-state index >= 15 is 0 Å². The average molecular weight is 290 g/mol. The zero-order valence-corrected chi connectivity index (χ0v) is 12.4. The van der Waals surface area contributed by atoms with Gasteiger partial charge in [-0.15, -0.1) is 0 Å². The van der Waals surface area contributed by atoms with Gasteiger partial charge in [0.25, 0.3) is 0 Å². The SMILES string of the molecule is O=S(=O)(CC1CCCNC1)NCCOC1CCCC1. The summed E-state index contributed by atoms with van der Waals surface area (Å²) in [6, 6.07) is 0. The fourth-order valence-electron chi connectivity index (χ4n) is 2.91. The zero-order chi connectivity index (χ0) is 13.6. The summed E-state index contributed by atoms with van der Waals surface area (Å²) in [6.07, 6.45) is 7.17. The minimum absolute atomic E-state index is 0.240. The second-order valence-electron chi connectivity index (χ2n) is 5.67. The third kappa shape index (κ3) is 5.77. The molecule has 5 nitrogen and oxygen atoms in total. The van der Waals surface area contributed by atoms with Crippen molar-refractivity contribution >= 4 is 10.0 Å². The van der Waals surface area contributed by atoms with E-state index in [-0.39, 0.29) is 11.7 Å². The van der Waals surface area contributed by atoms with Crippen molar-refractivity contribution in [2.45, 2.75) is 44.6 Å². The normalized spacial score (nSPS) is 25.8. The molecule has 1 atom stereocenters. The standard InChI is InChI=1S/C13H26N2O3S/c16-19(17,11-12-4-3-7-14-10-12)15-8-9-18-13-5-1-2-6-13/h12-15H,1-11H2. The van der Waals surface area contributed by atoms with E-state index in [9.17, 15) is 8.42 Å². The molecule has 1 saturated heterocycles. The van der Waals surface area contributed by atoms with Crippen LogP contribution in [0.5, 0.6) is 0 Å². The highest BCUT2D eigenvalue weighted by Gasteiger charge is 2.21. The maximum absolute atomic E-state index is 11.9. The molecular formula is C13H26N2O3S. The number of hydrogen-bond donors (Lipinski definition) is 2. The monoisotopic (exact) mass is 290 g/mol. The van der Waals surface area contributed by atoms with Gasteiger partial charge < -0.3 is 10.1 Å². The van der Waals surface area contributed by atoms with Gasteiger partial charge in [-0.05, 0) is 44.7 Å². The van der Waals surface area contributed by atoms with Gasteiger partial charge in [0, 0.05) is 6.54 Å². The van der Waals surface area contributed by atoms with Crippen LogP contribution in [0.15, 0.2) is 0 Å². The van der Waals surface area contributed by atoms with Gasteiger partial charge in [0.05, 0.1) is 18.5 Å². The molecule has 1 aliphatic carbocycles. The molecule has 0 spiro atoms. The summed E-state index contributed by atoms with van der Waals surface area (Å²) >= 11 is 0. The quantitative estimate of drug-likeness (QED) is 0.683. The summed E-state index contributed by atoms with van der Waals surface area (Å²) in [5.41, 5.74) is 0. The first-order chi connectivity index (χ1) is 9.16. The van der Waals surface area contributed by atoms with Gasteiger partial charge in [-0.1, -0.05) is 12.8 Å². The molecular weight excluding hydrogens is 264 g/mol. The zero-order valence-electron chi connectivity index (χ0n) is 11.6. The highest BCUT2D eigenvalue weighted by Crippen LogP contribution is 2.20. The van der Waals surface area contributed by atoms with Gasteiger partial charge >= 0.3 is 0 Å². The molecule has 2 rings (SSSR count). The van der Waals surface area contributed by atoms with Gasteiger partial charge in [-0.3, -0.25) is 0 Å². The van der Waals surface area contributed by atoms with Crippen LogP contribution in [0.3, 0.4) is 0 Å². The van der Waals surface area contributed by atoms with Crippen LogP contribution in [-0.2, 0) is 14.8 Å². The molecule has 0 aromatic rings. The lowest BCUT2D eigenvalue weighted by Crippen LogP contribution is -2.38. The minimum atomic E-state index is -3.15.